The topological polar surface area (TPSA) is 52.6 Å². The average Bonchev–Trinajstić information content (AvgIpc) is 2.92. The maximum atomic E-state index is 11.7. The Morgan fingerprint density at radius 2 is 1.86 bits per heavy atom. The van der Waals surface area contributed by atoms with E-state index in [4.69, 9.17) is 15.9 Å². The zero-order valence-electron chi connectivity index (χ0n) is 17.3. The van der Waals surface area contributed by atoms with Crippen molar-refractivity contribution in [2.75, 3.05) is 0 Å². The Morgan fingerprint density at radius 1 is 1.11 bits per heavy atom. The van der Waals surface area contributed by atoms with Crippen molar-refractivity contribution >= 4 is 11.9 Å². The number of carbonyl (C=O) groups is 2. The van der Waals surface area contributed by atoms with Gasteiger partial charge in [0.1, 0.15) is 12.2 Å². The number of allylic oxidation sites excluding steroid dienone is 1. The molecule has 4 aliphatic rings. The van der Waals surface area contributed by atoms with Crippen molar-refractivity contribution in [3.63, 3.8) is 0 Å². The summed E-state index contributed by atoms with van der Waals surface area (Å²) < 4.78 is 11.2. The molecule has 0 unspecified atom stereocenters. The Labute approximate surface area is 168 Å². The van der Waals surface area contributed by atoms with Crippen molar-refractivity contribution in [3.8, 4) is 12.3 Å². The van der Waals surface area contributed by atoms with E-state index >= 15 is 0 Å². The van der Waals surface area contributed by atoms with Crippen molar-refractivity contribution < 1.29 is 19.1 Å². The summed E-state index contributed by atoms with van der Waals surface area (Å²) in [4.78, 5) is 23.0. The Kier molecular flexibility index (Phi) is 5.06. The SMILES string of the molecule is C#C[C@@H]1C[C@@H]2[C@@H]3CCC4=C[C@@H](OC(C)=O)CC[C@@H]4[C@H]3CC[C@]2(C)[C@H]1OC(C)=O. The molecule has 0 aromatic carbocycles. The quantitative estimate of drug-likeness (QED) is 0.405. The molecule has 0 N–H and O–H groups in total. The van der Waals surface area contributed by atoms with Crippen LogP contribution in [0.4, 0.5) is 0 Å². The van der Waals surface area contributed by atoms with E-state index in [1.807, 2.05) is 0 Å². The predicted molar refractivity (Wildman–Crippen MR) is 106 cm³/mol. The highest BCUT2D eigenvalue weighted by Crippen LogP contribution is 2.63. The highest BCUT2D eigenvalue weighted by atomic mass is 16.5. The molecule has 4 heteroatoms. The van der Waals surface area contributed by atoms with Crippen molar-refractivity contribution in [1.82, 2.24) is 0 Å². The second-order valence-electron chi connectivity index (χ2n) is 9.63. The van der Waals surface area contributed by atoms with Gasteiger partial charge in [-0.25, -0.2) is 0 Å². The summed E-state index contributed by atoms with van der Waals surface area (Å²) in [5.74, 6) is 5.06. The Bertz CT molecular complexity index is 731. The zero-order chi connectivity index (χ0) is 20.1. The van der Waals surface area contributed by atoms with E-state index in [1.165, 1.54) is 32.3 Å². The molecule has 152 valence electrons. The summed E-state index contributed by atoms with van der Waals surface area (Å²) in [5.41, 5.74) is 1.51. The van der Waals surface area contributed by atoms with Gasteiger partial charge in [0.15, 0.2) is 0 Å². The molecule has 0 bridgehead atoms. The number of hydrogen-bond donors (Lipinski definition) is 0. The molecule has 0 aliphatic heterocycles. The van der Waals surface area contributed by atoms with Crippen LogP contribution in [0.3, 0.4) is 0 Å². The van der Waals surface area contributed by atoms with Crippen LogP contribution in [0.5, 0.6) is 0 Å². The number of hydrogen-bond acceptors (Lipinski definition) is 4. The minimum Gasteiger partial charge on any atom is -0.461 e. The fourth-order valence-electron chi connectivity index (χ4n) is 7.16. The summed E-state index contributed by atoms with van der Waals surface area (Å²) in [7, 11) is 0. The van der Waals surface area contributed by atoms with E-state index in [0.29, 0.717) is 23.7 Å². The number of rotatable bonds is 2. The van der Waals surface area contributed by atoms with Gasteiger partial charge < -0.3 is 9.47 Å². The Morgan fingerprint density at radius 3 is 2.54 bits per heavy atom. The molecule has 3 fully saturated rings. The Balaban J connectivity index is 1.55. The summed E-state index contributed by atoms with van der Waals surface area (Å²) in [5, 5.41) is 0. The van der Waals surface area contributed by atoms with Gasteiger partial charge in [0.25, 0.3) is 0 Å². The lowest BCUT2D eigenvalue weighted by atomic mass is 9.52. The van der Waals surface area contributed by atoms with Gasteiger partial charge in [-0.3, -0.25) is 9.59 Å². The molecule has 3 saturated carbocycles. The highest BCUT2D eigenvalue weighted by molar-refractivity contribution is 5.66. The molecule has 8 atom stereocenters. The lowest BCUT2D eigenvalue weighted by molar-refractivity contribution is -0.157. The number of carbonyl (C=O) groups excluding carboxylic acids is 2. The Hall–Kier alpha value is -1.76. The van der Waals surface area contributed by atoms with Crippen molar-refractivity contribution in [2.24, 2.45) is 35.0 Å². The first-order valence-corrected chi connectivity index (χ1v) is 10.8. The minimum atomic E-state index is -0.216. The first-order chi connectivity index (χ1) is 13.3. The van der Waals surface area contributed by atoms with Crippen LogP contribution in [0.1, 0.15) is 65.7 Å². The van der Waals surface area contributed by atoms with Gasteiger partial charge in [-0.2, -0.15) is 0 Å². The predicted octanol–water partition coefficient (Wildman–Crippen LogP) is 4.28. The van der Waals surface area contributed by atoms with Gasteiger partial charge in [0.2, 0.25) is 0 Å². The molecule has 4 rings (SSSR count). The summed E-state index contributed by atoms with van der Waals surface area (Å²) in [6.45, 7) is 5.29. The summed E-state index contributed by atoms with van der Waals surface area (Å²) >= 11 is 0. The van der Waals surface area contributed by atoms with Crippen LogP contribution in [0.2, 0.25) is 0 Å². The molecule has 0 aromatic rings. The largest absolute Gasteiger partial charge is 0.461 e. The normalized spacial score (nSPS) is 44.2. The van der Waals surface area contributed by atoms with Gasteiger partial charge in [-0.15, -0.1) is 6.42 Å². The molecule has 0 heterocycles. The average molecular weight is 385 g/mol. The highest BCUT2D eigenvalue weighted by Gasteiger charge is 2.60. The van der Waals surface area contributed by atoms with Crippen LogP contribution in [-0.2, 0) is 19.1 Å². The second kappa shape index (κ2) is 7.25. The minimum absolute atomic E-state index is 0.0000337. The van der Waals surface area contributed by atoms with Gasteiger partial charge in [0.05, 0.1) is 5.92 Å². The van der Waals surface area contributed by atoms with Crippen LogP contribution in [0.25, 0.3) is 0 Å². The maximum Gasteiger partial charge on any atom is 0.303 e. The van der Waals surface area contributed by atoms with Gasteiger partial charge in [0, 0.05) is 19.3 Å². The van der Waals surface area contributed by atoms with Gasteiger partial charge in [-0.05, 0) is 74.7 Å². The number of esters is 2. The third kappa shape index (κ3) is 3.17. The maximum absolute atomic E-state index is 11.7. The fraction of sp³-hybridized carbons (Fsp3) is 0.750. The number of ether oxygens (including phenoxy) is 2. The van der Waals surface area contributed by atoms with E-state index < -0.39 is 0 Å². The van der Waals surface area contributed by atoms with Crippen LogP contribution in [-0.4, -0.2) is 24.1 Å². The van der Waals surface area contributed by atoms with Gasteiger partial charge >= 0.3 is 11.9 Å². The van der Waals surface area contributed by atoms with Crippen molar-refractivity contribution in [1.29, 1.82) is 0 Å². The molecular weight excluding hydrogens is 352 g/mol. The molecule has 0 aromatic heterocycles. The molecule has 0 amide bonds. The fourth-order valence-corrected chi connectivity index (χ4v) is 7.16. The number of fused-ring (bicyclic) bond motifs is 5. The summed E-state index contributed by atoms with van der Waals surface area (Å²) in [6, 6.07) is 0. The lowest BCUT2D eigenvalue weighted by Crippen LogP contribution is -2.48. The van der Waals surface area contributed by atoms with Crippen molar-refractivity contribution in [3.05, 3.63) is 11.6 Å². The van der Waals surface area contributed by atoms with Crippen LogP contribution in [0.15, 0.2) is 11.6 Å². The second-order valence-corrected chi connectivity index (χ2v) is 9.63. The van der Waals surface area contributed by atoms with E-state index in [2.05, 4.69) is 18.9 Å². The van der Waals surface area contributed by atoms with Crippen LogP contribution >= 0.6 is 0 Å². The first kappa shape index (κ1) is 19.6. The lowest BCUT2D eigenvalue weighted by Gasteiger charge is -2.53. The molecule has 0 saturated heterocycles. The smallest absolute Gasteiger partial charge is 0.303 e. The van der Waals surface area contributed by atoms with Crippen molar-refractivity contribution in [2.45, 2.75) is 77.9 Å². The first-order valence-electron chi connectivity index (χ1n) is 10.8. The molecule has 4 aliphatic carbocycles. The third-order valence-electron chi connectivity index (χ3n) is 8.20. The van der Waals surface area contributed by atoms with Crippen LogP contribution in [0, 0.1) is 47.3 Å². The van der Waals surface area contributed by atoms with E-state index in [0.717, 1.165) is 32.1 Å². The molecule has 0 radical (unpaired) electrons. The standard InChI is InChI=1S/C24H32O4/c1-5-16-13-22-21-8-6-17-12-18(27-14(2)25)7-9-19(17)20(21)10-11-24(22,4)23(16)28-15(3)26/h1,12,16,18-23H,6-11,13H2,2-4H3/t16-,18+,19+,20-,21-,22-,23+,24+/m1/s1. The zero-order valence-corrected chi connectivity index (χ0v) is 17.3. The van der Waals surface area contributed by atoms with E-state index in [1.54, 1.807) is 0 Å². The van der Waals surface area contributed by atoms with E-state index in [-0.39, 0.29) is 35.5 Å². The van der Waals surface area contributed by atoms with Crippen LogP contribution < -0.4 is 0 Å². The number of terminal acetylenes is 1. The molecule has 4 nitrogen and oxygen atoms in total. The molecule has 28 heavy (non-hydrogen) atoms. The summed E-state index contributed by atoms with van der Waals surface area (Å²) in [6.07, 6.45) is 15.4. The van der Waals surface area contributed by atoms with E-state index in [9.17, 15) is 9.59 Å². The monoisotopic (exact) mass is 384 g/mol. The molecular formula is C24H32O4. The van der Waals surface area contributed by atoms with Gasteiger partial charge in [-0.1, -0.05) is 18.4 Å². The third-order valence-corrected chi connectivity index (χ3v) is 8.20. The molecule has 0 spiro atoms.